The van der Waals surface area contributed by atoms with Gasteiger partial charge in [0.2, 0.25) is 5.95 Å². The topological polar surface area (TPSA) is 92.7 Å². The fourth-order valence-corrected chi connectivity index (χ4v) is 4.12. The highest BCUT2D eigenvalue weighted by Gasteiger charge is 2.13. The van der Waals surface area contributed by atoms with Crippen molar-refractivity contribution in [2.75, 3.05) is 10.6 Å². The van der Waals surface area contributed by atoms with Crippen LogP contribution in [0.1, 0.15) is 26.9 Å². The van der Waals surface area contributed by atoms with Gasteiger partial charge in [0.1, 0.15) is 5.69 Å². The van der Waals surface area contributed by atoms with Crippen molar-refractivity contribution in [3.8, 4) is 0 Å². The maximum atomic E-state index is 12.5. The minimum absolute atomic E-state index is 0.271. The lowest BCUT2D eigenvalue weighted by molar-refractivity contribution is 0.102. The highest BCUT2D eigenvalue weighted by Crippen LogP contribution is 2.25. The number of hydrogen-bond acceptors (Lipinski definition) is 8. The van der Waals surface area contributed by atoms with E-state index < -0.39 is 0 Å². The molecule has 27 heavy (non-hydrogen) atoms. The second-order valence-electron chi connectivity index (χ2n) is 6.01. The summed E-state index contributed by atoms with van der Waals surface area (Å²) in [7, 11) is 0. The molecular weight excluding hydrogens is 380 g/mol. The third kappa shape index (κ3) is 3.93. The Morgan fingerprint density at radius 2 is 1.78 bits per heavy atom. The van der Waals surface area contributed by atoms with Gasteiger partial charge in [-0.2, -0.15) is 0 Å². The van der Waals surface area contributed by atoms with Gasteiger partial charge in [0.25, 0.3) is 5.91 Å². The molecule has 0 saturated heterocycles. The normalized spacial score (nSPS) is 10.9. The molecule has 0 aliphatic heterocycles. The van der Waals surface area contributed by atoms with Gasteiger partial charge in [0.05, 0.1) is 15.2 Å². The lowest BCUT2D eigenvalue weighted by Gasteiger charge is -2.04. The van der Waals surface area contributed by atoms with Crippen molar-refractivity contribution < 1.29 is 4.79 Å². The smallest absolute Gasteiger partial charge is 0.275 e. The zero-order chi connectivity index (χ0) is 19.0. The maximum absolute atomic E-state index is 12.5. The van der Waals surface area contributed by atoms with E-state index in [0.717, 1.165) is 26.6 Å². The fraction of sp³-hybridized carbons (Fsp3) is 0.167. The molecule has 3 heterocycles. The summed E-state index contributed by atoms with van der Waals surface area (Å²) >= 11 is 2.95. The maximum Gasteiger partial charge on any atom is 0.275 e. The lowest BCUT2D eigenvalue weighted by Crippen LogP contribution is -2.12. The van der Waals surface area contributed by atoms with Crippen LogP contribution in [0.5, 0.6) is 0 Å². The number of nitrogens with zero attached hydrogens (tertiary/aromatic N) is 4. The molecule has 4 aromatic rings. The molecule has 9 heteroatoms. The van der Waals surface area contributed by atoms with Crippen molar-refractivity contribution in [3.63, 3.8) is 0 Å². The van der Waals surface area contributed by atoms with Crippen LogP contribution >= 0.6 is 22.7 Å². The summed E-state index contributed by atoms with van der Waals surface area (Å²) in [4.78, 5) is 29.9. The van der Waals surface area contributed by atoms with Gasteiger partial charge in [-0.25, -0.2) is 19.9 Å². The van der Waals surface area contributed by atoms with E-state index in [1.165, 1.54) is 11.3 Å². The second-order valence-corrected chi connectivity index (χ2v) is 8.10. The number of aryl methyl sites for hydroxylation is 3. The number of hydrogen-bond donors (Lipinski definition) is 2. The Bertz CT molecular complexity index is 1130. The molecule has 1 aromatic carbocycles. The molecular formula is C18H16N6OS2. The van der Waals surface area contributed by atoms with Gasteiger partial charge in [0.15, 0.2) is 5.13 Å². The molecule has 0 aliphatic rings. The minimum atomic E-state index is -0.271. The van der Waals surface area contributed by atoms with E-state index in [9.17, 15) is 4.79 Å². The Hall–Kier alpha value is -2.91. The first-order chi connectivity index (χ1) is 13.0. The first kappa shape index (κ1) is 17.5. The van der Waals surface area contributed by atoms with Gasteiger partial charge in [-0.05, 0) is 45.0 Å². The largest absolute Gasteiger partial charge is 0.321 e. The highest BCUT2D eigenvalue weighted by molar-refractivity contribution is 7.18. The summed E-state index contributed by atoms with van der Waals surface area (Å²) in [5.41, 5.74) is 3.64. The van der Waals surface area contributed by atoms with Crippen molar-refractivity contribution in [1.29, 1.82) is 0 Å². The summed E-state index contributed by atoms with van der Waals surface area (Å²) in [6, 6.07) is 7.59. The van der Waals surface area contributed by atoms with Crippen molar-refractivity contribution in [3.05, 3.63) is 51.7 Å². The Morgan fingerprint density at radius 3 is 2.56 bits per heavy atom. The Labute approximate surface area is 163 Å². The third-order valence-corrected chi connectivity index (χ3v) is 5.40. The summed E-state index contributed by atoms with van der Waals surface area (Å²) < 4.78 is 1.10. The standard InChI is InChI=1S/C18H16N6OS2/c1-9-6-10(2)20-17(19-9)24-18-23-14(8-26-18)16(25)22-12-4-5-15-13(7-12)21-11(3)27-15/h4-8H,1-3H3,(H,22,25)(H,19,20,23,24). The summed E-state index contributed by atoms with van der Waals surface area (Å²) in [6.45, 7) is 5.77. The summed E-state index contributed by atoms with van der Waals surface area (Å²) in [6.07, 6.45) is 0. The van der Waals surface area contributed by atoms with Gasteiger partial charge in [0, 0.05) is 22.5 Å². The van der Waals surface area contributed by atoms with Gasteiger partial charge in [-0.15, -0.1) is 22.7 Å². The zero-order valence-electron chi connectivity index (χ0n) is 14.9. The number of thiazole rings is 2. The van der Waals surface area contributed by atoms with Crippen LogP contribution in [0.15, 0.2) is 29.6 Å². The van der Waals surface area contributed by atoms with E-state index in [4.69, 9.17) is 0 Å². The van der Waals surface area contributed by atoms with Crippen LogP contribution < -0.4 is 10.6 Å². The second kappa shape index (κ2) is 7.01. The van der Waals surface area contributed by atoms with Gasteiger partial charge in [-0.3, -0.25) is 4.79 Å². The van der Waals surface area contributed by atoms with Gasteiger partial charge >= 0.3 is 0 Å². The van der Waals surface area contributed by atoms with E-state index >= 15 is 0 Å². The van der Waals surface area contributed by atoms with Crippen LogP contribution in [-0.2, 0) is 0 Å². The van der Waals surface area contributed by atoms with E-state index in [-0.39, 0.29) is 5.91 Å². The summed E-state index contributed by atoms with van der Waals surface area (Å²) in [5.74, 6) is 0.199. The number of carbonyl (C=O) groups excluding carboxylic acids is 1. The van der Waals surface area contributed by atoms with E-state index in [0.29, 0.717) is 22.5 Å². The Morgan fingerprint density at radius 1 is 1.00 bits per heavy atom. The molecule has 3 aromatic heterocycles. The molecule has 0 atom stereocenters. The average molecular weight is 397 g/mol. The number of rotatable bonds is 4. The Balaban J connectivity index is 1.49. The number of aromatic nitrogens is 4. The molecule has 0 radical (unpaired) electrons. The third-order valence-electron chi connectivity index (χ3n) is 3.69. The van der Waals surface area contributed by atoms with Crippen LogP contribution in [0.2, 0.25) is 0 Å². The quantitative estimate of drug-likeness (QED) is 0.529. The molecule has 2 N–H and O–H groups in total. The molecule has 0 saturated carbocycles. The van der Waals surface area contributed by atoms with E-state index in [2.05, 4.69) is 30.6 Å². The zero-order valence-corrected chi connectivity index (χ0v) is 16.5. The average Bonchev–Trinajstić information content (AvgIpc) is 3.19. The molecule has 1 amide bonds. The number of fused-ring (bicyclic) bond motifs is 1. The lowest BCUT2D eigenvalue weighted by atomic mass is 10.3. The molecule has 0 aliphatic carbocycles. The molecule has 136 valence electrons. The number of amides is 1. The van der Waals surface area contributed by atoms with Crippen LogP contribution in [0.3, 0.4) is 0 Å². The number of anilines is 3. The van der Waals surface area contributed by atoms with Crippen LogP contribution in [0.4, 0.5) is 16.8 Å². The van der Waals surface area contributed by atoms with Crippen LogP contribution in [0.25, 0.3) is 10.2 Å². The molecule has 0 unspecified atom stereocenters. The molecule has 0 bridgehead atoms. The van der Waals surface area contributed by atoms with Gasteiger partial charge < -0.3 is 10.6 Å². The molecule has 7 nitrogen and oxygen atoms in total. The van der Waals surface area contributed by atoms with E-state index in [1.807, 2.05) is 45.0 Å². The van der Waals surface area contributed by atoms with Crippen LogP contribution in [-0.4, -0.2) is 25.8 Å². The number of benzene rings is 1. The molecule has 0 spiro atoms. The van der Waals surface area contributed by atoms with E-state index in [1.54, 1.807) is 16.7 Å². The van der Waals surface area contributed by atoms with Crippen molar-refractivity contribution in [2.24, 2.45) is 0 Å². The Kier molecular flexibility index (Phi) is 4.54. The van der Waals surface area contributed by atoms with Crippen molar-refractivity contribution in [1.82, 2.24) is 19.9 Å². The first-order valence-electron chi connectivity index (χ1n) is 8.20. The molecule has 4 rings (SSSR count). The molecule has 0 fully saturated rings. The SMILES string of the molecule is Cc1cc(C)nc(Nc2nc(C(=O)Nc3ccc4sc(C)nc4c3)cs2)n1. The van der Waals surface area contributed by atoms with Crippen molar-refractivity contribution >= 4 is 55.6 Å². The predicted octanol–water partition coefficient (Wildman–Crippen LogP) is 4.46. The number of carbonyl (C=O) groups is 1. The van der Waals surface area contributed by atoms with Crippen molar-refractivity contribution in [2.45, 2.75) is 20.8 Å². The first-order valence-corrected chi connectivity index (χ1v) is 9.89. The fourth-order valence-electron chi connectivity index (χ4n) is 2.63. The predicted molar refractivity (Wildman–Crippen MR) is 109 cm³/mol. The van der Waals surface area contributed by atoms with Gasteiger partial charge in [-0.1, -0.05) is 0 Å². The summed E-state index contributed by atoms with van der Waals surface area (Å²) in [5, 5.41) is 9.18. The minimum Gasteiger partial charge on any atom is -0.321 e. The monoisotopic (exact) mass is 396 g/mol. The highest BCUT2D eigenvalue weighted by atomic mass is 32.1. The number of nitrogens with one attached hydrogen (secondary N) is 2. The van der Waals surface area contributed by atoms with Crippen LogP contribution in [0, 0.1) is 20.8 Å².